The summed E-state index contributed by atoms with van der Waals surface area (Å²) in [6.45, 7) is 5.16. The maximum absolute atomic E-state index is 13.9. The molecule has 7 nitrogen and oxygen atoms in total. The highest BCUT2D eigenvalue weighted by Gasteiger charge is 2.30. The van der Waals surface area contributed by atoms with E-state index in [0.717, 1.165) is 60.4 Å². The number of benzene rings is 2. The van der Waals surface area contributed by atoms with E-state index in [9.17, 15) is 14.0 Å². The molecular formula is C25H28ClFN2O5S. The molecule has 1 atom stereocenters. The topological polar surface area (TPSA) is 101 Å². The Morgan fingerprint density at radius 3 is 2.34 bits per heavy atom. The van der Waals surface area contributed by atoms with Gasteiger partial charge in [0.15, 0.2) is 0 Å². The molecule has 10 heteroatoms. The highest BCUT2D eigenvalue weighted by molar-refractivity contribution is 7.99. The number of aliphatic carboxylic acids is 2. The van der Waals surface area contributed by atoms with Crippen LogP contribution in [0, 0.1) is 5.82 Å². The molecule has 0 saturated carbocycles. The first kappa shape index (κ1) is 27.2. The van der Waals surface area contributed by atoms with Crippen molar-refractivity contribution < 1.29 is 29.3 Å². The van der Waals surface area contributed by atoms with Gasteiger partial charge in [-0.25, -0.2) is 14.0 Å². The fourth-order valence-electron chi connectivity index (χ4n) is 4.18. The van der Waals surface area contributed by atoms with E-state index >= 15 is 0 Å². The number of carboxylic acids is 2. The molecule has 0 bridgehead atoms. The average molecular weight is 523 g/mol. The zero-order valence-electron chi connectivity index (χ0n) is 19.1. The lowest BCUT2D eigenvalue weighted by atomic mass is 9.96. The van der Waals surface area contributed by atoms with Gasteiger partial charge in [-0.15, -0.1) is 0 Å². The number of aliphatic hydroxyl groups is 1. The molecule has 1 saturated heterocycles. The Bertz CT molecular complexity index is 1060. The lowest BCUT2D eigenvalue weighted by Crippen LogP contribution is -2.48. The molecule has 1 fully saturated rings. The van der Waals surface area contributed by atoms with Gasteiger partial charge in [-0.05, 0) is 54.3 Å². The zero-order valence-corrected chi connectivity index (χ0v) is 20.6. The molecule has 2 heterocycles. The van der Waals surface area contributed by atoms with Gasteiger partial charge in [-0.2, -0.15) is 0 Å². The van der Waals surface area contributed by atoms with Crippen LogP contribution in [-0.2, 0) is 16.0 Å². The second kappa shape index (κ2) is 13.0. The van der Waals surface area contributed by atoms with E-state index in [1.165, 1.54) is 11.1 Å². The van der Waals surface area contributed by atoms with Gasteiger partial charge < -0.3 is 20.2 Å². The van der Waals surface area contributed by atoms with Gasteiger partial charge in [-0.3, -0.25) is 4.90 Å². The largest absolute Gasteiger partial charge is 0.478 e. The monoisotopic (exact) mass is 522 g/mol. The summed E-state index contributed by atoms with van der Waals surface area (Å²) in [5.41, 5.74) is 2.44. The Morgan fingerprint density at radius 2 is 1.71 bits per heavy atom. The maximum atomic E-state index is 13.9. The minimum atomic E-state index is -1.26. The second-order valence-electron chi connectivity index (χ2n) is 8.22. The number of halogens is 2. The third kappa shape index (κ3) is 8.05. The van der Waals surface area contributed by atoms with E-state index in [4.69, 9.17) is 26.9 Å². The van der Waals surface area contributed by atoms with Crippen LogP contribution in [-0.4, -0.2) is 76.4 Å². The summed E-state index contributed by atoms with van der Waals surface area (Å²) in [5, 5.41) is 25.4. The van der Waals surface area contributed by atoms with Crippen molar-refractivity contribution >= 4 is 35.3 Å². The van der Waals surface area contributed by atoms with E-state index in [-0.39, 0.29) is 18.5 Å². The van der Waals surface area contributed by atoms with Crippen molar-refractivity contribution in [3.8, 4) is 0 Å². The van der Waals surface area contributed by atoms with Gasteiger partial charge in [0.25, 0.3) is 0 Å². The Kier molecular flexibility index (Phi) is 10.1. The molecule has 1 unspecified atom stereocenters. The Labute approximate surface area is 212 Å². The number of piperazine rings is 1. The van der Waals surface area contributed by atoms with Gasteiger partial charge in [0.05, 0.1) is 0 Å². The molecule has 2 aromatic rings. The van der Waals surface area contributed by atoms with Crippen LogP contribution in [0.4, 0.5) is 4.39 Å². The summed E-state index contributed by atoms with van der Waals surface area (Å²) < 4.78 is 13.9. The SMILES string of the molecule is O=C(O)/C=C/C(=O)O.OCCCN1CCN(C2Cc3cc(Cl)ccc3Sc3cc(F)ccc32)CC1. The number of hydrogen-bond acceptors (Lipinski definition) is 6. The molecule has 0 aliphatic carbocycles. The molecule has 2 aliphatic rings. The fourth-order valence-corrected chi connectivity index (χ4v) is 5.51. The fraction of sp³-hybridized carbons (Fsp3) is 0.360. The van der Waals surface area contributed by atoms with Crippen LogP contribution < -0.4 is 0 Å². The first-order chi connectivity index (χ1) is 16.8. The Morgan fingerprint density at radius 1 is 1.03 bits per heavy atom. The average Bonchev–Trinajstić information content (AvgIpc) is 2.98. The van der Waals surface area contributed by atoms with Gasteiger partial charge >= 0.3 is 11.9 Å². The first-order valence-electron chi connectivity index (χ1n) is 11.2. The summed E-state index contributed by atoms with van der Waals surface area (Å²) in [6.07, 6.45) is 2.83. The number of hydrogen-bond donors (Lipinski definition) is 3. The van der Waals surface area contributed by atoms with E-state index < -0.39 is 11.9 Å². The molecule has 188 valence electrons. The van der Waals surface area contributed by atoms with Gasteiger partial charge in [0.1, 0.15) is 5.82 Å². The molecule has 0 aromatic heterocycles. The van der Waals surface area contributed by atoms with Crippen LogP contribution in [0.5, 0.6) is 0 Å². The summed E-state index contributed by atoms with van der Waals surface area (Å²) in [5.74, 6) is -2.70. The van der Waals surface area contributed by atoms with Crippen molar-refractivity contribution in [3.05, 3.63) is 70.5 Å². The predicted octanol–water partition coefficient (Wildman–Crippen LogP) is 3.94. The summed E-state index contributed by atoms with van der Waals surface area (Å²) in [6, 6.07) is 11.4. The summed E-state index contributed by atoms with van der Waals surface area (Å²) >= 11 is 7.90. The van der Waals surface area contributed by atoms with Crippen LogP contribution in [0.2, 0.25) is 5.02 Å². The smallest absolute Gasteiger partial charge is 0.328 e. The zero-order chi connectivity index (χ0) is 25.4. The third-order valence-corrected chi connectivity index (χ3v) is 7.27. The van der Waals surface area contributed by atoms with Gasteiger partial charge in [-0.1, -0.05) is 29.4 Å². The van der Waals surface area contributed by atoms with Crippen molar-refractivity contribution in [1.29, 1.82) is 0 Å². The number of aliphatic hydroxyl groups excluding tert-OH is 1. The Hall–Kier alpha value is -2.43. The van der Waals surface area contributed by atoms with Crippen LogP contribution in [0.3, 0.4) is 0 Å². The minimum absolute atomic E-state index is 0.189. The van der Waals surface area contributed by atoms with Crippen molar-refractivity contribution in [2.24, 2.45) is 0 Å². The van der Waals surface area contributed by atoms with Gasteiger partial charge in [0, 0.05) is 72.3 Å². The molecule has 0 radical (unpaired) electrons. The molecule has 2 aromatic carbocycles. The van der Waals surface area contributed by atoms with E-state index in [2.05, 4.69) is 15.9 Å². The standard InChI is InChI=1S/C21H24ClFN2OS.C4H4O4/c22-16-2-5-20-15(12-16)13-19(18-4-3-17(23)14-21(18)27-20)25-9-7-24(8-10-25)6-1-11-26;5-3(6)1-2-4(7)8/h2-5,12,14,19,26H,1,6-11,13H2;1-2H,(H,5,6)(H,7,8)/b;2-1+. The maximum Gasteiger partial charge on any atom is 0.328 e. The van der Waals surface area contributed by atoms with E-state index in [0.29, 0.717) is 12.2 Å². The summed E-state index contributed by atoms with van der Waals surface area (Å²) in [4.78, 5) is 26.2. The molecule has 35 heavy (non-hydrogen) atoms. The van der Waals surface area contributed by atoms with Crippen LogP contribution in [0.1, 0.15) is 23.6 Å². The number of fused-ring (bicyclic) bond motifs is 2. The van der Waals surface area contributed by atoms with Gasteiger partial charge in [0.2, 0.25) is 0 Å². The molecule has 2 aliphatic heterocycles. The van der Waals surface area contributed by atoms with E-state index in [1.807, 2.05) is 18.2 Å². The normalized spacial score (nSPS) is 18.2. The highest BCUT2D eigenvalue weighted by atomic mass is 35.5. The lowest BCUT2D eigenvalue weighted by Gasteiger charge is -2.39. The molecule has 0 amide bonds. The van der Waals surface area contributed by atoms with Crippen molar-refractivity contribution in [1.82, 2.24) is 9.80 Å². The van der Waals surface area contributed by atoms with E-state index in [1.54, 1.807) is 23.9 Å². The third-order valence-electron chi connectivity index (χ3n) is 5.84. The predicted molar refractivity (Wildman–Crippen MR) is 133 cm³/mol. The molecule has 0 spiro atoms. The minimum Gasteiger partial charge on any atom is -0.478 e. The van der Waals surface area contributed by atoms with Crippen molar-refractivity contribution in [3.63, 3.8) is 0 Å². The number of carbonyl (C=O) groups is 2. The second-order valence-corrected chi connectivity index (χ2v) is 9.74. The molecular weight excluding hydrogens is 495 g/mol. The van der Waals surface area contributed by atoms with Crippen molar-refractivity contribution in [2.45, 2.75) is 28.7 Å². The van der Waals surface area contributed by atoms with Crippen molar-refractivity contribution in [2.75, 3.05) is 39.3 Å². The molecule has 4 rings (SSSR count). The Balaban J connectivity index is 0.000000371. The first-order valence-corrected chi connectivity index (χ1v) is 12.4. The van der Waals surface area contributed by atoms with Crippen LogP contribution in [0.15, 0.2) is 58.3 Å². The number of rotatable bonds is 6. The highest BCUT2D eigenvalue weighted by Crippen LogP contribution is 2.43. The summed E-state index contributed by atoms with van der Waals surface area (Å²) in [7, 11) is 0. The van der Waals surface area contributed by atoms with Crippen LogP contribution >= 0.6 is 23.4 Å². The number of carboxylic acid groups (broad SMARTS) is 2. The molecule has 3 N–H and O–H groups in total. The van der Waals surface area contributed by atoms with Crippen LogP contribution in [0.25, 0.3) is 0 Å². The lowest BCUT2D eigenvalue weighted by molar-refractivity contribution is -0.134. The quantitative estimate of drug-likeness (QED) is 0.490. The number of nitrogens with zero attached hydrogens (tertiary/aromatic N) is 2.